The van der Waals surface area contributed by atoms with Crippen molar-refractivity contribution in [2.45, 2.75) is 31.8 Å². The molecule has 1 heterocycles. The van der Waals surface area contributed by atoms with Crippen LogP contribution in [-0.2, 0) is 13.0 Å². The molecule has 4 nitrogen and oxygen atoms in total. The molecule has 0 aliphatic heterocycles. The molecule has 1 aromatic carbocycles. The van der Waals surface area contributed by atoms with Crippen LogP contribution in [0.2, 0.25) is 0 Å². The summed E-state index contributed by atoms with van der Waals surface area (Å²) in [6.45, 7) is 1.88. The maximum Gasteiger partial charge on any atom is 0.124 e. The zero-order chi connectivity index (χ0) is 13.8. The largest absolute Gasteiger partial charge is 0.396 e. The Morgan fingerprint density at radius 3 is 3.00 bits per heavy atom. The predicted octanol–water partition coefficient (Wildman–Crippen LogP) is 2.55. The van der Waals surface area contributed by atoms with Gasteiger partial charge in [0.1, 0.15) is 6.26 Å². The first-order chi connectivity index (χ1) is 9.88. The molecule has 4 heteroatoms. The summed E-state index contributed by atoms with van der Waals surface area (Å²) in [6, 6.07) is 11.0. The van der Waals surface area contributed by atoms with Crippen LogP contribution in [-0.4, -0.2) is 28.3 Å². The van der Waals surface area contributed by atoms with E-state index in [9.17, 15) is 0 Å². The summed E-state index contributed by atoms with van der Waals surface area (Å²) in [6.07, 6.45) is 4.68. The summed E-state index contributed by atoms with van der Waals surface area (Å²) in [4.78, 5) is 2.40. The molecule has 0 radical (unpaired) electrons. The Hall–Kier alpha value is -1.65. The third-order valence-electron chi connectivity index (χ3n) is 4.00. The van der Waals surface area contributed by atoms with Gasteiger partial charge in [-0.2, -0.15) is 0 Å². The van der Waals surface area contributed by atoms with Gasteiger partial charge in [-0.3, -0.25) is 4.90 Å². The smallest absolute Gasteiger partial charge is 0.124 e. The van der Waals surface area contributed by atoms with Gasteiger partial charge in [0.25, 0.3) is 0 Å². The number of aliphatic hydroxyl groups excluding tert-OH is 1. The maximum absolute atomic E-state index is 9.12. The van der Waals surface area contributed by atoms with Crippen LogP contribution in [0.3, 0.4) is 0 Å². The summed E-state index contributed by atoms with van der Waals surface area (Å²) in [7, 11) is 0. The summed E-state index contributed by atoms with van der Waals surface area (Å²) in [5.74, 6) is 0. The van der Waals surface area contributed by atoms with E-state index in [-0.39, 0.29) is 6.61 Å². The maximum atomic E-state index is 9.12. The van der Waals surface area contributed by atoms with Gasteiger partial charge in [-0.1, -0.05) is 29.4 Å². The van der Waals surface area contributed by atoms with Gasteiger partial charge in [-0.25, -0.2) is 0 Å². The number of rotatable bonds is 6. The Morgan fingerprint density at radius 1 is 1.30 bits per heavy atom. The molecule has 0 saturated heterocycles. The third-order valence-corrected chi connectivity index (χ3v) is 4.00. The summed E-state index contributed by atoms with van der Waals surface area (Å²) >= 11 is 0. The van der Waals surface area contributed by atoms with Crippen molar-refractivity contribution in [2.75, 3.05) is 13.2 Å². The van der Waals surface area contributed by atoms with Gasteiger partial charge < -0.3 is 9.63 Å². The van der Waals surface area contributed by atoms with Gasteiger partial charge in [0.05, 0.1) is 5.69 Å². The number of nitrogens with zero attached hydrogens (tertiary/aromatic N) is 2. The van der Waals surface area contributed by atoms with E-state index in [1.165, 1.54) is 11.1 Å². The highest BCUT2D eigenvalue weighted by molar-refractivity contribution is 5.34. The van der Waals surface area contributed by atoms with Crippen LogP contribution in [0.25, 0.3) is 0 Å². The number of benzene rings is 1. The number of hydrogen-bond donors (Lipinski definition) is 1. The molecule has 1 unspecified atom stereocenters. The molecular formula is C16H20N2O2. The SMILES string of the molecule is OCCCN(Cc1ccon1)C1CCc2ccccc21. The van der Waals surface area contributed by atoms with Crippen LogP contribution in [0.15, 0.2) is 41.1 Å². The van der Waals surface area contributed by atoms with E-state index in [1.54, 1.807) is 6.26 Å². The minimum Gasteiger partial charge on any atom is -0.396 e. The summed E-state index contributed by atoms with van der Waals surface area (Å²) in [5.41, 5.74) is 3.83. The molecule has 106 valence electrons. The van der Waals surface area contributed by atoms with Gasteiger partial charge in [-0.15, -0.1) is 0 Å². The van der Waals surface area contributed by atoms with E-state index in [2.05, 4.69) is 34.3 Å². The number of aryl methyl sites for hydroxylation is 1. The Balaban J connectivity index is 1.79. The molecule has 1 atom stereocenters. The van der Waals surface area contributed by atoms with E-state index in [4.69, 9.17) is 9.63 Å². The Morgan fingerprint density at radius 2 is 2.20 bits per heavy atom. The van der Waals surface area contributed by atoms with Crippen molar-refractivity contribution in [2.24, 2.45) is 0 Å². The van der Waals surface area contributed by atoms with Crippen molar-refractivity contribution >= 4 is 0 Å². The molecule has 2 aromatic rings. The molecule has 3 rings (SSSR count). The zero-order valence-corrected chi connectivity index (χ0v) is 11.5. The average Bonchev–Trinajstić information content (AvgIpc) is 3.12. The molecule has 0 bridgehead atoms. The molecule has 1 aliphatic rings. The highest BCUT2D eigenvalue weighted by Gasteiger charge is 2.27. The molecule has 0 spiro atoms. The van der Waals surface area contributed by atoms with Crippen molar-refractivity contribution in [1.29, 1.82) is 0 Å². The second-order valence-electron chi connectivity index (χ2n) is 5.29. The lowest BCUT2D eigenvalue weighted by molar-refractivity contribution is 0.162. The van der Waals surface area contributed by atoms with Crippen molar-refractivity contribution in [3.05, 3.63) is 53.4 Å². The van der Waals surface area contributed by atoms with Crippen molar-refractivity contribution in [3.8, 4) is 0 Å². The quantitative estimate of drug-likeness (QED) is 0.878. The number of aromatic nitrogens is 1. The standard InChI is InChI=1S/C16H20N2O2/c19-10-3-9-18(12-14-8-11-20-17-14)16-7-6-13-4-1-2-5-15(13)16/h1-2,4-5,8,11,16,19H,3,6-7,9-10,12H2. The van der Waals surface area contributed by atoms with Gasteiger partial charge in [-0.05, 0) is 30.4 Å². The normalized spacial score (nSPS) is 17.6. The van der Waals surface area contributed by atoms with Crippen molar-refractivity contribution < 1.29 is 9.63 Å². The van der Waals surface area contributed by atoms with Crippen LogP contribution in [0.5, 0.6) is 0 Å². The molecule has 1 aliphatic carbocycles. The zero-order valence-electron chi connectivity index (χ0n) is 11.5. The van der Waals surface area contributed by atoms with Crippen molar-refractivity contribution in [3.63, 3.8) is 0 Å². The van der Waals surface area contributed by atoms with Crippen molar-refractivity contribution in [1.82, 2.24) is 10.1 Å². The van der Waals surface area contributed by atoms with Crippen LogP contribution in [0.1, 0.15) is 35.7 Å². The highest BCUT2D eigenvalue weighted by Crippen LogP contribution is 2.36. The minimum absolute atomic E-state index is 0.226. The van der Waals surface area contributed by atoms with E-state index in [0.717, 1.165) is 38.0 Å². The first kappa shape index (κ1) is 13.3. The molecule has 0 fully saturated rings. The molecule has 1 N–H and O–H groups in total. The second kappa shape index (κ2) is 6.20. The Labute approximate surface area is 119 Å². The molecule has 20 heavy (non-hydrogen) atoms. The van der Waals surface area contributed by atoms with Gasteiger partial charge in [0, 0.05) is 31.8 Å². The molecular weight excluding hydrogens is 252 g/mol. The van der Waals surface area contributed by atoms with Crippen LogP contribution < -0.4 is 0 Å². The van der Waals surface area contributed by atoms with Gasteiger partial charge in [0.2, 0.25) is 0 Å². The van der Waals surface area contributed by atoms with E-state index in [0.29, 0.717) is 6.04 Å². The Bertz CT molecular complexity index is 539. The second-order valence-corrected chi connectivity index (χ2v) is 5.29. The highest BCUT2D eigenvalue weighted by atomic mass is 16.5. The van der Waals surface area contributed by atoms with Gasteiger partial charge in [0.15, 0.2) is 0 Å². The Kier molecular flexibility index (Phi) is 4.14. The van der Waals surface area contributed by atoms with Gasteiger partial charge >= 0.3 is 0 Å². The number of hydrogen-bond acceptors (Lipinski definition) is 4. The molecule has 0 amide bonds. The molecule has 1 aromatic heterocycles. The summed E-state index contributed by atoms with van der Waals surface area (Å²) < 4.78 is 4.93. The lowest BCUT2D eigenvalue weighted by atomic mass is 10.1. The number of fused-ring (bicyclic) bond motifs is 1. The topological polar surface area (TPSA) is 49.5 Å². The fraction of sp³-hybridized carbons (Fsp3) is 0.438. The monoisotopic (exact) mass is 272 g/mol. The minimum atomic E-state index is 0.226. The first-order valence-electron chi connectivity index (χ1n) is 7.20. The van der Waals surface area contributed by atoms with E-state index >= 15 is 0 Å². The first-order valence-corrected chi connectivity index (χ1v) is 7.20. The van der Waals surface area contributed by atoms with E-state index in [1.807, 2.05) is 6.07 Å². The average molecular weight is 272 g/mol. The van der Waals surface area contributed by atoms with Crippen LogP contribution >= 0.6 is 0 Å². The van der Waals surface area contributed by atoms with E-state index < -0.39 is 0 Å². The lowest BCUT2D eigenvalue weighted by Crippen LogP contribution is -2.29. The van der Waals surface area contributed by atoms with Crippen LogP contribution in [0, 0.1) is 0 Å². The van der Waals surface area contributed by atoms with Crippen LogP contribution in [0.4, 0.5) is 0 Å². The lowest BCUT2D eigenvalue weighted by Gasteiger charge is -2.28. The third kappa shape index (κ3) is 2.76. The predicted molar refractivity (Wildman–Crippen MR) is 76.1 cm³/mol. The molecule has 0 saturated carbocycles. The number of aliphatic hydroxyl groups is 1. The summed E-state index contributed by atoms with van der Waals surface area (Å²) in [5, 5.41) is 13.1. The fourth-order valence-electron chi connectivity index (χ4n) is 3.06. The fourth-order valence-corrected chi connectivity index (χ4v) is 3.06.